The number of likely N-dealkylation sites (tertiary alicyclic amines) is 2. The number of aliphatic carboxylic acids is 1. The predicted molar refractivity (Wildman–Crippen MR) is 155 cm³/mol. The number of allylic oxidation sites excluding steroid dienone is 1. The number of hydrogen-bond donors (Lipinski definition) is 3. The first-order chi connectivity index (χ1) is 21.0. The predicted octanol–water partition coefficient (Wildman–Crippen LogP) is -1.95. The molecule has 0 radical (unpaired) electrons. The zero-order valence-corrected chi connectivity index (χ0v) is 25.2. The second kappa shape index (κ2) is 12.7. The maximum atomic E-state index is 13.4. The van der Waals surface area contributed by atoms with Crippen molar-refractivity contribution in [2.75, 3.05) is 44.3 Å². The molecule has 1 aromatic rings. The van der Waals surface area contributed by atoms with E-state index in [1.54, 1.807) is 11.8 Å². The van der Waals surface area contributed by atoms with E-state index in [9.17, 15) is 34.3 Å². The molecular formula is C26H29N8O8S2-. The van der Waals surface area contributed by atoms with Crippen LogP contribution in [-0.2, 0) is 28.7 Å². The first-order valence-electron chi connectivity index (χ1n) is 13.6. The summed E-state index contributed by atoms with van der Waals surface area (Å²) in [6, 6.07) is -1.19. The van der Waals surface area contributed by atoms with Crippen LogP contribution in [0.1, 0.15) is 25.6 Å². The smallest absolute Gasteiger partial charge is 0.334 e. The summed E-state index contributed by atoms with van der Waals surface area (Å²) in [7, 11) is 0. The lowest BCUT2D eigenvalue weighted by atomic mass is 10.0. The topological polar surface area (TPSA) is 224 Å². The third-order valence-corrected chi connectivity index (χ3v) is 9.46. The number of nitrogens with zero attached hydrogens (tertiary/aromatic N) is 6. The number of ether oxygens (including phenoxy) is 1. The number of carboxylic acids is 1. The summed E-state index contributed by atoms with van der Waals surface area (Å²) >= 11 is 1.99. The molecule has 3 atom stereocenters. The largest absolute Gasteiger partial charge is 0.543 e. The van der Waals surface area contributed by atoms with E-state index in [4.69, 9.17) is 10.5 Å². The Kier molecular flexibility index (Phi) is 9.02. The standard InChI is InChI=1S/C26H30N8O8S2/c1-3-42-25(40)12(2)9-32-6-5-15(10-32)33-7-4-13(21(33)36)8-14-11-43-23-17(22(37)34(23)18(14)24(38)39)28-20(35)16(30-41)19-29-26(27)44-31-19/h8,15,17,23,41H,2-7,9-11H2,1H3,(H,28,35)(H,38,39)(H2,27,29,31)/p-1/b13-8+,30-16-/t15-,17-,23-/m1/s1. The van der Waals surface area contributed by atoms with Gasteiger partial charge in [0.05, 0.1) is 18.3 Å². The summed E-state index contributed by atoms with van der Waals surface area (Å²) < 4.78 is 8.81. The molecule has 3 fully saturated rings. The van der Waals surface area contributed by atoms with Crippen molar-refractivity contribution in [1.29, 1.82) is 0 Å². The molecule has 5 heterocycles. The molecule has 4 aliphatic heterocycles. The van der Waals surface area contributed by atoms with Crippen molar-refractivity contribution in [2.24, 2.45) is 5.16 Å². The molecule has 3 amide bonds. The molecule has 16 nitrogen and oxygen atoms in total. The van der Waals surface area contributed by atoms with Gasteiger partial charge in [-0.05, 0) is 31.4 Å². The number of oxime groups is 1. The Bertz CT molecular complexity index is 1520. The average Bonchev–Trinajstić information content (AvgIpc) is 3.72. The van der Waals surface area contributed by atoms with Gasteiger partial charge in [-0.15, -0.1) is 11.8 Å². The molecule has 0 unspecified atom stereocenters. The number of hydrogen-bond acceptors (Lipinski definition) is 15. The number of esters is 1. The number of nitrogens with two attached hydrogens (primary N) is 1. The lowest BCUT2D eigenvalue weighted by Gasteiger charge is -2.50. The van der Waals surface area contributed by atoms with Crippen molar-refractivity contribution in [3.63, 3.8) is 0 Å². The summed E-state index contributed by atoms with van der Waals surface area (Å²) in [6.07, 6.45) is 2.62. The minimum atomic E-state index is -1.59. The van der Waals surface area contributed by atoms with Crippen LogP contribution in [0, 0.1) is 0 Å². The maximum Gasteiger partial charge on any atom is 0.334 e. The molecule has 4 N–H and O–H groups in total. The van der Waals surface area contributed by atoms with Gasteiger partial charge in [0.1, 0.15) is 11.4 Å². The first-order valence-corrected chi connectivity index (χ1v) is 15.5. The Morgan fingerprint density at radius 3 is 2.75 bits per heavy atom. The SMILES string of the molecule is C=C(CN1CC[C@@H](N2CC/C(=C\C3=C(C(=O)[O-])N4C(=O)[C@@H](NC(=O)/C(=N\O)c5nsc(N)n5)[C@H]4SC3)C2=O)C1)C(=O)OCC. The molecule has 44 heavy (non-hydrogen) atoms. The molecule has 18 heteroatoms. The number of carboxylic acid groups (broad SMARTS) is 1. The average molecular weight is 646 g/mol. The van der Waals surface area contributed by atoms with Gasteiger partial charge < -0.3 is 35.8 Å². The third-order valence-electron chi connectivity index (χ3n) is 7.62. The number of rotatable bonds is 10. The van der Waals surface area contributed by atoms with Crippen LogP contribution in [0.4, 0.5) is 5.13 Å². The van der Waals surface area contributed by atoms with E-state index in [0.717, 1.165) is 16.4 Å². The Labute approximate surface area is 259 Å². The number of β-lactam (4-membered cyclic amide) rings is 1. The van der Waals surface area contributed by atoms with Gasteiger partial charge in [0.15, 0.2) is 5.13 Å². The normalized spacial score (nSPS) is 24.9. The molecule has 0 aliphatic carbocycles. The number of aromatic nitrogens is 2. The van der Waals surface area contributed by atoms with Crippen molar-refractivity contribution in [3.8, 4) is 0 Å². The molecule has 0 aromatic carbocycles. The van der Waals surface area contributed by atoms with Crippen LogP contribution in [0.2, 0.25) is 0 Å². The lowest BCUT2D eigenvalue weighted by molar-refractivity contribution is -0.301. The number of carbonyl (C=O) groups is 5. The van der Waals surface area contributed by atoms with Crippen molar-refractivity contribution in [3.05, 3.63) is 40.9 Å². The van der Waals surface area contributed by atoms with Gasteiger partial charge in [-0.3, -0.25) is 24.2 Å². The summed E-state index contributed by atoms with van der Waals surface area (Å²) in [5, 5.41) is 26.1. The van der Waals surface area contributed by atoms with E-state index in [2.05, 4.69) is 26.4 Å². The highest BCUT2D eigenvalue weighted by atomic mass is 32.2. The molecule has 0 bridgehead atoms. The molecule has 1 aromatic heterocycles. The lowest BCUT2D eigenvalue weighted by Crippen LogP contribution is -2.71. The van der Waals surface area contributed by atoms with E-state index < -0.39 is 40.9 Å². The van der Waals surface area contributed by atoms with Gasteiger partial charge in [0, 0.05) is 60.7 Å². The minimum absolute atomic E-state index is 0.0412. The van der Waals surface area contributed by atoms with Crippen LogP contribution >= 0.6 is 23.3 Å². The van der Waals surface area contributed by atoms with Gasteiger partial charge in [0.25, 0.3) is 11.8 Å². The molecular weight excluding hydrogens is 616 g/mol. The van der Waals surface area contributed by atoms with Crippen LogP contribution in [-0.4, -0.2) is 121 Å². The van der Waals surface area contributed by atoms with Crippen LogP contribution < -0.4 is 16.2 Å². The molecule has 0 saturated carbocycles. The Morgan fingerprint density at radius 1 is 1.32 bits per heavy atom. The molecule has 0 spiro atoms. The number of thioether (sulfide) groups is 1. The van der Waals surface area contributed by atoms with Crippen molar-refractivity contribution < 1.29 is 39.0 Å². The Balaban J connectivity index is 1.25. The molecule has 234 valence electrons. The van der Waals surface area contributed by atoms with Gasteiger partial charge in [0.2, 0.25) is 17.4 Å². The highest BCUT2D eigenvalue weighted by molar-refractivity contribution is 8.00. The van der Waals surface area contributed by atoms with Crippen LogP contribution in [0.25, 0.3) is 0 Å². The maximum absolute atomic E-state index is 13.4. The molecule has 3 saturated heterocycles. The van der Waals surface area contributed by atoms with E-state index in [1.807, 2.05) is 4.90 Å². The minimum Gasteiger partial charge on any atom is -0.543 e. The van der Waals surface area contributed by atoms with Gasteiger partial charge in [-0.25, -0.2) is 4.79 Å². The number of fused-ring (bicyclic) bond motifs is 1. The fourth-order valence-electron chi connectivity index (χ4n) is 5.58. The number of carbonyl (C=O) groups excluding carboxylic acids is 5. The van der Waals surface area contributed by atoms with E-state index in [1.165, 1.54) is 17.8 Å². The summed E-state index contributed by atoms with van der Waals surface area (Å²) in [6.45, 7) is 7.82. The highest BCUT2D eigenvalue weighted by Gasteiger charge is 2.53. The van der Waals surface area contributed by atoms with Crippen LogP contribution in [0.3, 0.4) is 0 Å². The van der Waals surface area contributed by atoms with Crippen LogP contribution in [0.15, 0.2) is 40.2 Å². The molecule has 4 aliphatic rings. The van der Waals surface area contributed by atoms with Crippen molar-refractivity contribution in [2.45, 2.75) is 37.2 Å². The van der Waals surface area contributed by atoms with E-state index in [0.29, 0.717) is 50.2 Å². The second-order valence-corrected chi connectivity index (χ2v) is 12.2. The number of nitrogens with one attached hydrogen (secondary N) is 1. The van der Waals surface area contributed by atoms with Gasteiger partial charge in [-0.1, -0.05) is 11.7 Å². The zero-order valence-electron chi connectivity index (χ0n) is 23.6. The monoisotopic (exact) mass is 645 g/mol. The van der Waals surface area contributed by atoms with Gasteiger partial charge >= 0.3 is 5.97 Å². The third kappa shape index (κ3) is 5.91. The van der Waals surface area contributed by atoms with E-state index >= 15 is 0 Å². The fourth-order valence-corrected chi connectivity index (χ4v) is 7.32. The number of anilines is 1. The summed E-state index contributed by atoms with van der Waals surface area (Å²) in [5.41, 5.74) is 5.63. The Hall–Kier alpha value is -4.29. The number of nitrogen functional groups attached to an aromatic ring is 1. The Morgan fingerprint density at radius 2 is 2.09 bits per heavy atom. The van der Waals surface area contributed by atoms with Gasteiger partial charge in [-0.2, -0.15) is 9.36 Å². The summed E-state index contributed by atoms with van der Waals surface area (Å²) in [4.78, 5) is 71.8. The second-order valence-electron chi connectivity index (χ2n) is 10.3. The van der Waals surface area contributed by atoms with Crippen LogP contribution in [0.5, 0.6) is 0 Å². The fraction of sp³-hybridized carbons (Fsp3) is 0.462. The zero-order chi connectivity index (χ0) is 31.7. The first kappa shape index (κ1) is 31.1. The quantitative estimate of drug-likeness (QED) is 0.0629. The van der Waals surface area contributed by atoms with Crippen molar-refractivity contribution in [1.82, 2.24) is 29.4 Å². The van der Waals surface area contributed by atoms with E-state index in [-0.39, 0.29) is 46.5 Å². The molecule has 5 rings (SSSR count). The van der Waals surface area contributed by atoms with Crippen molar-refractivity contribution >= 4 is 63.8 Å². The summed E-state index contributed by atoms with van der Waals surface area (Å²) in [5.74, 6) is -3.98. The highest BCUT2D eigenvalue weighted by Crippen LogP contribution is 2.41. The number of amides is 3.